The maximum absolute atomic E-state index is 11.6. The van der Waals surface area contributed by atoms with Crippen molar-refractivity contribution in [1.82, 2.24) is 4.90 Å². The van der Waals surface area contributed by atoms with Gasteiger partial charge in [-0.2, -0.15) is 0 Å². The van der Waals surface area contributed by atoms with Crippen molar-refractivity contribution in [3.05, 3.63) is 0 Å². The number of hydrogen-bond acceptors (Lipinski definition) is 10. The summed E-state index contributed by atoms with van der Waals surface area (Å²) in [7, 11) is 0. The van der Waals surface area contributed by atoms with Crippen LogP contribution < -0.4 is 11.5 Å². The number of carboxylic acid groups (broad SMARTS) is 5. The monoisotopic (exact) mass is 451 g/mol. The van der Waals surface area contributed by atoms with Gasteiger partial charge in [-0.3, -0.25) is 28.9 Å². The molecule has 0 bridgehead atoms. The van der Waals surface area contributed by atoms with E-state index in [2.05, 4.69) is 0 Å². The second kappa shape index (κ2) is 8.72. The highest BCUT2D eigenvalue weighted by Gasteiger charge is 2.81. The van der Waals surface area contributed by atoms with Gasteiger partial charge in [-0.1, -0.05) is 0 Å². The third-order valence-corrected chi connectivity index (χ3v) is 5.93. The molecule has 0 amide bonds. The van der Waals surface area contributed by atoms with Gasteiger partial charge in [-0.15, -0.1) is 0 Å². The number of likely N-dealkylation sites (tertiary alicyclic amines) is 1. The fourth-order valence-electron chi connectivity index (χ4n) is 4.81. The van der Waals surface area contributed by atoms with Crippen molar-refractivity contribution in [2.45, 2.75) is 48.0 Å². The molecule has 0 spiro atoms. The van der Waals surface area contributed by atoms with E-state index in [9.17, 15) is 59.7 Å². The van der Waals surface area contributed by atoms with E-state index in [0.717, 1.165) is 0 Å². The molecule has 0 radical (unpaired) electrons. The molecule has 1 heterocycles. The van der Waals surface area contributed by atoms with Crippen LogP contribution in [-0.4, -0.2) is 112 Å². The molecule has 1 rings (SSSR count). The Morgan fingerprint density at radius 2 is 0.871 bits per heavy atom. The zero-order valence-corrected chi connectivity index (χ0v) is 16.2. The standard InChI is InChI=1S/C16H25N3O12/c17-6-13(1-8(20)21)15(30,3-10(24)25)16(31,4-11(26)27)14(7-18,2-9(22)23)19(13)5-12(28)29/h30-31H,1-7,17-18H2,(H,20,21)(H,22,23)(H,24,25)(H,26,27)(H,28,29). The second-order valence-electron chi connectivity index (χ2n) is 7.45. The highest BCUT2D eigenvalue weighted by atomic mass is 16.4. The van der Waals surface area contributed by atoms with Gasteiger partial charge >= 0.3 is 29.8 Å². The summed E-state index contributed by atoms with van der Waals surface area (Å²) in [5, 5.41) is 70.1. The van der Waals surface area contributed by atoms with Crippen LogP contribution >= 0.6 is 0 Å². The van der Waals surface area contributed by atoms with Gasteiger partial charge in [0.25, 0.3) is 0 Å². The van der Waals surface area contributed by atoms with Crippen LogP contribution in [0.4, 0.5) is 0 Å². The Balaban J connectivity index is 4.22. The van der Waals surface area contributed by atoms with Crippen LogP contribution in [0.5, 0.6) is 0 Å². The van der Waals surface area contributed by atoms with Crippen molar-refractivity contribution < 1.29 is 59.7 Å². The molecule has 0 aliphatic carbocycles. The predicted octanol–water partition coefficient (Wildman–Crippen LogP) is -3.86. The smallest absolute Gasteiger partial charge is 0.317 e. The van der Waals surface area contributed by atoms with E-state index in [4.69, 9.17) is 11.5 Å². The summed E-state index contributed by atoms with van der Waals surface area (Å²) in [5.41, 5.74) is -0.311. The Hall–Kier alpha value is -2.85. The fourth-order valence-corrected chi connectivity index (χ4v) is 4.81. The zero-order valence-electron chi connectivity index (χ0n) is 16.2. The highest BCUT2D eigenvalue weighted by molar-refractivity contribution is 5.78. The van der Waals surface area contributed by atoms with Gasteiger partial charge in [0.15, 0.2) is 0 Å². The third kappa shape index (κ3) is 3.92. The molecular formula is C16H25N3O12. The largest absolute Gasteiger partial charge is 0.481 e. The molecule has 0 aromatic heterocycles. The molecule has 11 N–H and O–H groups in total. The molecule has 176 valence electrons. The summed E-state index contributed by atoms with van der Waals surface area (Å²) < 4.78 is 0. The number of rotatable bonds is 12. The fraction of sp³-hybridized carbons (Fsp3) is 0.688. The molecule has 0 saturated carbocycles. The van der Waals surface area contributed by atoms with Crippen molar-refractivity contribution in [3.8, 4) is 0 Å². The average Bonchev–Trinajstić information content (AvgIpc) is 2.69. The SMILES string of the molecule is NCC1(CC(=O)O)N(CC(=O)O)C(CN)(CC(=O)O)C(O)(CC(=O)O)C1(O)CC(=O)O. The van der Waals surface area contributed by atoms with Gasteiger partial charge in [0.1, 0.15) is 11.2 Å². The Morgan fingerprint density at radius 3 is 1.06 bits per heavy atom. The first-order valence-corrected chi connectivity index (χ1v) is 8.80. The Labute approximate surface area is 174 Å². The minimum atomic E-state index is -3.23. The quantitative estimate of drug-likeness (QED) is 0.137. The number of aliphatic carboxylic acids is 5. The molecular weight excluding hydrogens is 426 g/mol. The van der Waals surface area contributed by atoms with Gasteiger partial charge in [0, 0.05) is 13.1 Å². The Bertz CT molecular complexity index is 692. The molecule has 15 heteroatoms. The van der Waals surface area contributed by atoms with E-state index in [1.807, 2.05) is 0 Å². The lowest BCUT2D eigenvalue weighted by Gasteiger charge is -2.47. The number of nitrogens with zero attached hydrogens (tertiary/aromatic N) is 1. The van der Waals surface area contributed by atoms with E-state index in [1.54, 1.807) is 0 Å². The van der Waals surface area contributed by atoms with Crippen LogP contribution in [0.3, 0.4) is 0 Å². The van der Waals surface area contributed by atoms with Gasteiger partial charge < -0.3 is 47.2 Å². The molecule has 0 aromatic rings. The van der Waals surface area contributed by atoms with Gasteiger partial charge in [-0.25, -0.2) is 0 Å². The van der Waals surface area contributed by atoms with E-state index in [1.165, 1.54) is 0 Å². The topological polar surface area (TPSA) is 282 Å². The van der Waals surface area contributed by atoms with Crippen LogP contribution in [0.25, 0.3) is 0 Å². The number of hydrogen-bond donors (Lipinski definition) is 9. The van der Waals surface area contributed by atoms with Crippen LogP contribution in [-0.2, 0) is 24.0 Å². The molecule has 15 nitrogen and oxygen atoms in total. The van der Waals surface area contributed by atoms with Crippen molar-refractivity contribution in [2.75, 3.05) is 19.6 Å². The summed E-state index contributed by atoms with van der Waals surface area (Å²) in [6.07, 6.45) is -5.49. The first kappa shape index (κ1) is 26.2. The van der Waals surface area contributed by atoms with Crippen molar-refractivity contribution >= 4 is 29.8 Å². The van der Waals surface area contributed by atoms with E-state index in [0.29, 0.717) is 4.90 Å². The summed E-state index contributed by atoms with van der Waals surface area (Å²) in [6, 6.07) is 0. The van der Waals surface area contributed by atoms with Crippen LogP contribution in [0, 0.1) is 0 Å². The predicted molar refractivity (Wildman–Crippen MR) is 96.8 cm³/mol. The molecule has 1 aliphatic heterocycles. The Morgan fingerprint density at radius 1 is 0.581 bits per heavy atom. The molecule has 1 saturated heterocycles. The molecule has 1 aliphatic rings. The number of carbonyl (C=O) groups is 5. The first-order chi connectivity index (χ1) is 14.1. The number of carboxylic acids is 5. The van der Waals surface area contributed by atoms with Crippen LogP contribution in [0.2, 0.25) is 0 Å². The summed E-state index contributed by atoms with van der Waals surface area (Å²) in [5.74, 6) is -8.78. The summed E-state index contributed by atoms with van der Waals surface area (Å²) in [6.45, 7) is -3.21. The van der Waals surface area contributed by atoms with E-state index < -0.39 is 97.4 Å². The maximum Gasteiger partial charge on any atom is 0.317 e. The molecule has 0 aromatic carbocycles. The van der Waals surface area contributed by atoms with Crippen LogP contribution in [0.15, 0.2) is 0 Å². The highest BCUT2D eigenvalue weighted by Crippen LogP contribution is 2.59. The zero-order chi connectivity index (χ0) is 24.4. The van der Waals surface area contributed by atoms with E-state index >= 15 is 0 Å². The lowest BCUT2D eigenvalue weighted by atomic mass is 9.62. The lowest BCUT2D eigenvalue weighted by Crippen LogP contribution is -2.70. The van der Waals surface area contributed by atoms with E-state index in [-0.39, 0.29) is 0 Å². The molecule has 4 unspecified atom stereocenters. The maximum atomic E-state index is 11.6. The van der Waals surface area contributed by atoms with Crippen molar-refractivity contribution in [2.24, 2.45) is 11.5 Å². The van der Waals surface area contributed by atoms with Gasteiger partial charge in [0.05, 0.1) is 43.3 Å². The normalized spacial score (nSPS) is 33.2. The van der Waals surface area contributed by atoms with Crippen molar-refractivity contribution in [1.29, 1.82) is 0 Å². The molecule has 31 heavy (non-hydrogen) atoms. The number of aliphatic hydroxyl groups is 2. The minimum absolute atomic E-state index is 0.524. The second-order valence-corrected chi connectivity index (χ2v) is 7.45. The first-order valence-electron chi connectivity index (χ1n) is 8.80. The average molecular weight is 451 g/mol. The summed E-state index contributed by atoms with van der Waals surface area (Å²) >= 11 is 0. The molecule has 1 fully saturated rings. The van der Waals surface area contributed by atoms with Crippen LogP contribution in [0.1, 0.15) is 25.7 Å². The van der Waals surface area contributed by atoms with Gasteiger partial charge in [0.2, 0.25) is 0 Å². The minimum Gasteiger partial charge on any atom is -0.481 e. The third-order valence-electron chi connectivity index (χ3n) is 5.93. The number of nitrogens with two attached hydrogens (primary N) is 2. The Kier molecular flexibility index (Phi) is 7.36. The molecule has 4 atom stereocenters. The lowest BCUT2D eigenvalue weighted by molar-refractivity contribution is -0.199. The van der Waals surface area contributed by atoms with Crippen molar-refractivity contribution in [3.63, 3.8) is 0 Å². The summed E-state index contributed by atoms with van der Waals surface area (Å²) in [4.78, 5) is 58.6. The van der Waals surface area contributed by atoms with Gasteiger partial charge in [-0.05, 0) is 0 Å².